The van der Waals surface area contributed by atoms with Crippen molar-refractivity contribution in [1.82, 2.24) is 0 Å². The van der Waals surface area contributed by atoms with Crippen molar-refractivity contribution in [1.29, 1.82) is 0 Å². The zero-order chi connectivity index (χ0) is 16.9. The van der Waals surface area contributed by atoms with Crippen LogP contribution in [0.1, 0.15) is 65.9 Å². The van der Waals surface area contributed by atoms with E-state index < -0.39 is 0 Å². The summed E-state index contributed by atoms with van der Waals surface area (Å²) >= 11 is 0. The van der Waals surface area contributed by atoms with Crippen LogP contribution < -0.4 is 0 Å². The third-order valence-corrected chi connectivity index (χ3v) is 4.16. The lowest BCUT2D eigenvalue weighted by molar-refractivity contribution is -0.142. The Labute approximate surface area is 134 Å². The predicted octanol–water partition coefficient (Wildman–Crippen LogP) is 3.98. The molecular weight excluding hydrogens is 276 g/mol. The number of carbonyl (C=O) groups excluding carboxylic acids is 2. The molecule has 0 fully saturated rings. The minimum absolute atomic E-state index is 0.170. The van der Waals surface area contributed by atoms with Gasteiger partial charge in [-0.05, 0) is 67.3 Å². The van der Waals surface area contributed by atoms with Crippen molar-refractivity contribution in [2.75, 3.05) is 6.61 Å². The van der Waals surface area contributed by atoms with Crippen LogP contribution in [0.15, 0.2) is 0 Å². The molecule has 0 atom stereocenters. The fourth-order valence-corrected chi connectivity index (χ4v) is 3.13. The molecule has 1 aromatic carbocycles. The van der Waals surface area contributed by atoms with E-state index in [1.54, 1.807) is 6.92 Å². The van der Waals surface area contributed by atoms with Gasteiger partial charge in [-0.25, -0.2) is 0 Å². The molecule has 0 radical (unpaired) electrons. The van der Waals surface area contributed by atoms with Crippen LogP contribution in [0.5, 0.6) is 0 Å². The number of rotatable bonds is 7. The second kappa shape index (κ2) is 8.11. The fraction of sp³-hybridized carbons (Fsp3) is 0.579. The molecule has 0 aliphatic carbocycles. The average Bonchev–Trinajstić information content (AvgIpc) is 2.45. The molecule has 0 aliphatic rings. The van der Waals surface area contributed by atoms with E-state index in [9.17, 15) is 9.59 Å². The van der Waals surface area contributed by atoms with E-state index in [1.165, 1.54) is 11.1 Å². The number of esters is 1. The summed E-state index contributed by atoms with van der Waals surface area (Å²) in [6.07, 6.45) is 2.92. The average molecular weight is 304 g/mol. The van der Waals surface area contributed by atoms with Crippen LogP contribution in [0.4, 0.5) is 0 Å². The largest absolute Gasteiger partial charge is 0.466 e. The Kier molecular flexibility index (Phi) is 6.79. The summed E-state index contributed by atoms with van der Waals surface area (Å²) in [4.78, 5) is 23.5. The first-order chi connectivity index (χ1) is 10.4. The van der Waals surface area contributed by atoms with Crippen molar-refractivity contribution in [3.8, 4) is 0 Å². The van der Waals surface area contributed by atoms with E-state index in [1.807, 2.05) is 13.8 Å². The van der Waals surface area contributed by atoms with Crippen molar-refractivity contribution in [3.05, 3.63) is 33.4 Å². The summed E-state index contributed by atoms with van der Waals surface area (Å²) < 4.78 is 5.05. The Morgan fingerprint density at radius 2 is 1.73 bits per heavy atom. The summed E-state index contributed by atoms with van der Waals surface area (Å²) in [7, 11) is 0. The smallest absolute Gasteiger partial charge is 0.310 e. The van der Waals surface area contributed by atoms with Crippen LogP contribution in [-0.4, -0.2) is 18.9 Å². The Morgan fingerprint density at radius 3 is 2.18 bits per heavy atom. The molecule has 0 aromatic heterocycles. The highest BCUT2D eigenvalue weighted by Crippen LogP contribution is 2.29. The monoisotopic (exact) mass is 304 g/mol. The van der Waals surface area contributed by atoms with Crippen LogP contribution in [0.2, 0.25) is 0 Å². The molecule has 0 N–H and O–H groups in total. The number of aldehydes is 1. The van der Waals surface area contributed by atoms with Crippen molar-refractivity contribution in [2.24, 2.45) is 5.92 Å². The molecule has 1 rings (SSSR count). The number of hydrogen-bond donors (Lipinski definition) is 0. The van der Waals surface area contributed by atoms with E-state index in [4.69, 9.17) is 4.74 Å². The standard InChI is InChI=1S/C19H28O3/c1-7-15-13(5)17(10-19(21)22-8-2)18(11-20)14(6)16(15)9-12(3)4/h11-12H,7-10H2,1-6H3. The highest BCUT2D eigenvalue weighted by Gasteiger charge is 2.20. The first-order valence-corrected chi connectivity index (χ1v) is 8.11. The SMILES string of the molecule is CCOC(=O)Cc1c(C)c(CC)c(CC(C)C)c(C)c1C=O. The van der Waals surface area contributed by atoms with Gasteiger partial charge in [0.15, 0.2) is 6.29 Å². The molecule has 0 spiro atoms. The van der Waals surface area contributed by atoms with Crippen LogP contribution in [0.3, 0.4) is 0 Å². The lowest BCUT2D eigenvalue weighted by Gasteiger charge is -2.22. The summed E-state index contributed by atoms with van der Waals surface area (Å²) in [6.45, 7) is 12.7. The second-order valence-electron chi connectivity index (χ2n) is 6.15. The number of benzene rings is 1. The van der Waals surface area contributed by atoms with Gasteiger partial charge < -0.3 is 4.74 Å². The number of carbonyl (C=O) groups is 2. The van der Waals surface area contributed by atoms with Gasteiger partial charge in [0.1, 0.15) is 0 Å². The lowest BCUT2D eigenvalue weighted by Crippen LogP contribution is -2.15. The van der Waals surface area contributed by atoms with Crippen molar-refractivity contribution < 1.29 is 14.3 Å². The number of hydrogen-bond acceptors (Lipinski definition) is 3. The zero-order valence-corrected chi connectivity index (χ0v) is 14.7. The molecule has 3 heteroatoms. The molecule has 0 saturated carbocycles. The summed E-state index contributed by atoms with van der Waals surface area (Å²) in [5.74, 6) is 0.255. The maximum absolute atomic E-state index is 11.9. The van der Waals surface area contributed by atoms with Gasteiger partial charge in [-0.1, -0.05) is 20.8 Å². The maximum atomic E-state index is 11.9. The van der Waals surface area contributed by atoms with E-state index in [-0.39, 0.29) is 12.4 Å². The van der Waals surface area contributed by atoms with Crippen molar-refractivity contribution >= 4 is 12.3 Å². The van der Waals surface area contributed by atoms with Gasteiger partial charge in [0.2, 0.25) is 0 Å². The number of ether oxygens (including phenoxy) is 1. The van der Waals surface area contributed by atoms with E-state index >= 15 is 0 Å². The second-order valence-corrected chi connectivity index (χ2v) is 6.15. The Bertz CT molecular complexity index is 557. The quantitative estimate of drug-likeness (QED) is 0.565. The normalized spacial score (nSPS) is 10.9. The Balaban J connectivity index is 3.48. The van der Waals surface area contributed by atoms with Gasteiger partial charge >= 0.3 is 5.97 Å². The highest BCUT2D eigenvalue weighted by atomic mass is 16.5. The molecular formula is C19H28O3. The Hall–Kier alpha value is -1.64. The maximum Gasteiger partial charge on any atom is 0.310 e. The van der Waals surface area contributed by atoms with Crippen molar-refractivity contribution in [2.45, 2.75) is 60.8 Å². The van der Waals surface area contributed by atoms with Crippen LogP contribution in [0, 0.1) is 19.8 Å². The molecule has 0 aliphatic heterocycles. The summed E-state index contributed by atoms with van der Waals surface area (Å²) in [6, 6.07) is 0. The zero-order valence-electron chi connectivity index (χ0n) is 14.7. The molecule has 122 valence electrons. The third kappa shape index (κ3) is 3.96. The minimum atomic E-state index is -0.272. The molecule has 0 saturated heterocycles. The van der Waals surface area contributed by atoms with Gasteiger partial charge in [0.05, 0.1) is 13.0 Å². The molecule has 3 nitrogen and oxygen atoms in total. The summed E-state index contributed by atoms with van der Waals surface area (Å²) in [5, 5.41) is 0. The molecule has 0 unspecified atom stereocenters. The molecule has 0 amide bonds. The van der Waals surface area contributed by atoms with Gasteiger partial charge in [-0.15, -0.1) is 0 Å². The van der Waals surface area contributed by atoms with Crippen molar-refractivity contribution in [3.63, 3.8) is 0 Å². The topological polar surface area (TPSA) is 43.4 Å². The van der Waals surface area contributed by atoms with Crippen LogP contribution >= 0.6 is 0 Å². The first-order valence-electron chi connectivity index (χ1n) is 8.11. The van der Waals surface area contributed by atoms with E-state index in [0.717, 1.165) is 35.8 Å². The first kappa shape index (κ1) is 18.4. The highest BCUT2D eigenvalue weighted by molar-refractivity contribution is 5.85. The Morgan fingerprint density at radius 1 is 1.09 bits per heavy atom. The van der Waals surface area contributed by atoms with Crippen LogP contribution in [-0.2, 0) is 28.8 Å². The van der Waals surface area contributed by atoms with Gasteiger partial charge in [0, 0.05) is 5.56 Å². The summed E-state index contributed by atoms with van der Waals surface area (Å²) in [5.41, 5.74) is 6.12. The minimum Gasteiger partial charge on any atom is -0.466 e. The predicted molar refractivity (Wildman–Crippen MR) is 89.6 cm³/mol. The molecule has 0 bridgehead atoms. The fourth-order valence-electron chi connectivity index (χ4n) is 3.13. The molecule has 22 heavy (non-hydrogen) atoms. The van der Waals surface area contributed by atoms with Gasteiger partial charge in [-0.2, -0.15) is 0 Å². The van der Waals surface area contributed by atoms with Gasteiger partial charge in [0.25, 0.3) is 0 Å². The van der Waals surface area contributed by atoms with E-state index in [0.29, 0.717) is 18.1 Å². The molecule has 0 heterocycles. The molecule has 1 aromatic rings. The third-order valence-electron chi connectivity index (χ3n) is 4.16. The lowest BCUT2D eigenvalue weighted by atomic mass is 9.83. The van der Waals surface area contributed by atoms with E-state index in [2.05, 4.69) is 20.8 Å². The van der Waals surface area contributed by atoms with Gasteiger partial charge in [-0.3, -0.25) is 9.59 Å². The van der Waals surface area contributed by atoms with Crippen LogP contribution in [0.25, 0.3) is 0 Å².